The Labute approximate surface area is 149 Å². The summed E-state index contributed by atoms with van der Waals surface area (Å²) in [6.45, 7) is 5.33. The third-order valence-electron chi connectivity index (χ3n) is 4.06. The summed E-state index contributed by atoms with van der Waals surface area (Å²) in [5.41, 5.74) is 4.59. The number of hydrogen-bond acceptors (Lipinski definition) is 7. The highest BCUT2D eigenvalue weighted by Gasteiger charge is 2.39. The van der Waals surface area contributed by atoms with Crippen LogP contribution >= 0.6 is 0 Å². The van der Waals surface area contributed by atoms with Crippen LogP contribution in [0.5, 0.6) is 0 Å². The van der Waals surface area contributed by atoms with Crippen molar-refractivity contribution in [2.75, 3.05) is 5.32 Å². The number of carbonyl (C=O) groups is 2. The van der Waals surface area contributed by atoms with Crippen LogP contribution in [0.2, 0.25) is 0 Å². The summed E-state index contributed by atoms with van der Waals surface area (Å²) in [5.74, 6) is 0.0264. The SMILES string of the molecule is CC(C)=C1N=C2NC(=O)CC(C(=O)Nc3ccc(C)c([N+](=O)[O-])c3)N2N1. The molecule has 3 rings (SSSR count). The van der Waals surface area contributed by atoms with Crippen molar-refractivity contribution >= 4 is 29.1 Å². The number of nitrogens with zero attached hydrogens (tertiary/aromatic N) is 3. The van der Waals surface area contributed by atoms with Crippen molar-refractivity contribution in [1.29, 1.82) is 0 Å². The molecular weight excluding hydrogens is 340 g/mol. The van der Waals surface area contributed by atoms with E-state index in [1.165, 1.54) is 11.1 Å². The van der Waals surface area contributed by atoms with Crippen molar-refractivity contribution < 1.29 is 14.5 Å². The van der Waals surface area contributed by atoms with Crippen LogP contribution in [0.15, 0.2) is 34.6 Å². The van der Waals surface area contributed by atoms with Gasteiger partial charge in [-0.15, -0.1) is 0 Å². The number of nitro benzene ring substituents is 1. The molecule has 0 bridgehead atoms. The van der Waals surface area contributed by atoms with Crippen molar-refractivity contribution in [3.8, 4) is 0 Å². The van der Waals surface area contributed by atoms with Gasteiger partial charge in [0.05, 0.1) is 11.3 Å². The molecule has 0 spiro atoms. The number of anilines is 1. The van der Waals surface area contributed by atoms with E-state index < -0.39 is 16.9 Å². The zero-order chi connectivity index (χ0) is 19.0. The minimum Gasteiger partial charge on any atom is -0.324 e. The van der Waals surface area contributed by atoms with Gasteiger partial charge in [0.1, 0.15) is 11.9 Å². The fourth-order valence-corrected chi connectivity index (χ4v) is 2.65. The number of nitro groups is 1. The van der Waals surface area contributed by atoms with Crippen molar-refractivity contribution in [3.05, 3.63) is 45.3 Å². The first kappa shape index (κ1) is 17.4. The number of aryl methyl sites for hydroxylation is 1. The Bertz CT molecular complexity index is 871. The van der Waals surface area contributed by atoms with Gasteiger partial charge in [-0.25, -0.2) is 5.01 Å². The maximum absolute atomic E-state index is 12.7. The van der Waals surface area contributed by atoms with Crippen LogP contribution in [0.3, 0.4) is 0 Å². The molecule has 2 aliphatic rings. The molecule has 0 radical (unpaired) electrons. The summed E-state index contributed by atoms with van der Waals surface area (Å²) in [5, 5.41) is 17.8. The number of allylic oxidation sites excluding steroid dienone is 1. The normalized spacial score (nSPS) is 18.5. The van der Waals surface area contributed by atoms with E-state index in [1.54, 1.807) is 19.1 Å². The smallest absolute Gasteiger partial charge is 0.274 e. The molecule has 1 aromatic rings. The van der Waals surface area contributed by atoms with Crippen molar-refractivity contribution in [1.82, 2.24) is 15.8 Å². The molecule has 2 aliphatic heterocycles. The van der Waals surface area contributed by atoms with E-state index in [0.717, 1.165) is 5.57 Å². The summed E-state index contributed by atoms with van der Waals surface area (Å²) < 4.78 is 0. The molecule has 0 aromatic heterocycles. The van der Waals surface area contributed by atoms with Gasteiger partial charge in [0.25, 0.3) is 5.69 Å². The van der Waals surface area contributed by atoms with Gasteiger partial charge in [-0.2, -0.15) is 4.99 Å². The van der Waals surface area contributed by atoms with Gasteiger partial charge in [0.15, 0.2) is 0 Å². The fourth-order valence-electron chi connectivity index (χ4n) is 2.65. The number of carbonyl (C=O) groups excluding carboxylic acids is 2. The minimum absolute atomic E-state index is 0.0676. The van der Waals surface area contributed by atoms with Gasteiger partial charge in [-0.3, -0.25) is 30.4 Å². The van der Waals surface area contributed by atoms with E-state index in [1.807, 2.05) is 13.8 Å². The largest absolute Gasteiger partial charge is 0.324 e. The summed E-state index contributed by atoms with van der Waals surface area (Å²) in [6.07, 6.45) is -0.0676. The summed E-state index contributed by atoms with van der Waals surface area (Å²) in [7, 11) is 0. The molecule has 1 aromatic carbocycles. The van der Waals surface area contributed by atoms with Gasteiger partial charge >= 0.3 is 0 Å². The molecule has 10 nitrogen and oxygen atoms in total. The Hall–Kier alpha value is -3.43. The van der Waals surface area contributed by atoms with Gasteiger partial charge in [-0.05, 0) is 32.4 Å². The first-order chi connectivity index (χ1) is 12.3. The number of aliphatic imine (C=N–C) groups is 1. The lowest BCUT2D eigenvalue weighted by Gasteiger charge is -2.32. The topological polar surface area (TPSA) is 129 Å². The highest BCUT2D eigenvalue weighted by molar-refractivity contribution is 6.07. The molecular formula is C16H18N6O4. The standard InChI is InChI=1S/C16H18N6O4/c1-8(2)14-19-16-18-13(23)7-12(21(16)20-14)15(24)17-10-5-4-9(3)11(6-10)22(25)26/h4-6,12,20H,7H2,1-3H3,(H,17,24)(H,18,19,23). The zero-order valence-corrected chi connectivity index (χ0v) is 14.5. The van der Waals surface area contributed by atoms with E-state index in [-0.39, 0.29) is 24.0 Å². The van der Waals surface area contributed by atoms with Gasteiger partial charge < -0.3 is 5.32 Å². The van der Waals surface area contributed by atoms with E-state index >= 15 is 0 Å². The summed E-state index contributed by atoms with van der Waals surface area (Å²) >= 11 is 0. The van der Waals surface area contributed by atoms with Crippen molar-refractivity contribution in [2.24, 2.45) is 4.99 Å². The highest BCUT2D eigenvalue weighted by Crippen LogP contribution is 2.24. The van der Waals surface area contributed by atoms with E-state index in [0.29, 0.717) is 17.1 Å². The highest BCUT2D eigenvalue weighted by atomic mass is 16.6. The Kier molecular flexibility index (Phi) is 4.33. The average Bonchev–Trinajstić information content (AvgIpc) is 2.99. The summed E-state index contributed by atoms with van der Waals surface area (Å²) in [6, 6.07) is 3.60. The predicted octanol–water partition coefficient (Wildman–Crippen LogP) is 1.16. The van der Waals surface area contributed by atoms with E-state index in [4.69, 9.17) is 0 Å². The Balaban J connectivity index is 1.83. The molecule has 1 saturated heterocycles. The Morgan fingerprint density at radius 2 is 2.15 bits per heavy atom. The lowest BCUT2D eigenvalue weighted by Crippen LogP contribution is -2.61. The molecule has 136 valence electrons. The van der Waals surface area contributed by atoms with Crippen molar-refractivity contribution in [3.63, 3.8) is 0 Å². The van der Waals surface area contributed by atoms with Gasteiger partial charge in [0, 0.05) is 17.3 Å². The van der Waals surface area contributed by atoms with Crippen LogP contribution in [0, 0.1) is 17.0 Å². The van der Waals surface area contributed by atoms with Gasteiger partial charge in [-0.1, -0.05) is 6.07 Å². The second-order valence-electron chi connectivity index (χ2n) is 6.28. The fraction of sp³-hybridized carbons (Fsp3) is 0.312. The van der Waals surface area contributed by atoms with Crippen LogP contribution in [-0.2, 0) is 9.59 Å². The zero-order valence-electron chi connectivity index (χ0n) is 14.5. The van der Waals surface area contributed by atoms with Crippen LogP contribution in [0.25, 0.3) is 0 Å². The number of fused-ring (bicyclic) bond motifs is 1. The lowest BCUT2D eigenvalue weighted by atomic mass is 10.1. The third-order valence-corrected chi connectivity index (χ3v) is 4.06. The van der Waals surface area contributed by atoms with Gasteiger partial charge in [0.2, 0.25) is 17.8 Å². The number of guanidine groups is 1. The molecule has 2 heterocycles. The van der Waals surface area contributed by atoms with E-state index in [9.17, 15) is 19.7 Å². The second kappa shape index (κ2) is 6.47. The van der Waals surface area contributed by atoms with Crippen molar-refractivity contribution in [2.45, 2.75) is 33.2 Å². The number of benzene rings is 1. The summed E-state index contributed by atoms with van der Waals surface area (Å²) in [4.78, 5) is 39.4. The monoisotopic (exact) mass is 358 g/mol. The quantitative estimate of drug-likeness (QED) is 0.549. The van der Waals surface area contributed by atoms with Crippen LogP contribution in [-0.4, -0.2) is 33.7 Å². The third kappa shape index (κ3) is 3.21. The molecule has 1 fully saturated rings. The Morgan fingerprint density at radius 3 is 2.81 bits per heavy atom. The number of amides is 2. The average molecular weight is 358 g/mol. The maximum Gasteiger partial charge on any atom is 0.274 e. The minimum atomic E-state index is -0.834. The molecule has 26 heavy (non-hydrogen) atoms. The number of hydrazine groups is 1. The number of rotatable bonds is 3. The first-order valence-electron chi connectivity index (χ1n) is 7.94. The maximum atomic E-state index is 12.7. The number of hydrogen-bond donors (Lipinski definition) is 3. The first-order valence-corrected chi connectivity index (χ1v) is 7.94. The molecule has 0 saturated carbocycles. The lowest BCUT2D eigenvalue weighted by molar-refractivity contribution is -0.385. The van der Waals surface area contributed by atoms with E-state index in [2.05, 4.69) is 21.1 Å². The van der Waals surface area contributed by atoms with Crippen LogP contribution < -0.4 is 16.1 Å². The van der Waals surface area contributed by atoms with Crippen LogP contribution in [0.4, 0.5) is 11.4 Å². The number of nitrogens with one attached hydrogen (secondary N) is 3. The molecule has 0 aliphatic carbocycles. The molecule has 1 atom stereocenters. The molecule has 10 heteroatoms. The molecule has 3 N–H and O–H groups in total. The Morgan fingerprint density at radius 1 is 1.42 bits per heavy atom. The second-order valence-corrected chi connectivity index (χ2v) is 6.28. The predicted molar refractivity (Wildman–Crippen MR) is 93.8 cm³/mol. The molecule has 1 unspecified atom stereocenters. The molecule has 2 amide bonds. The van der Waals surface area contributed by atoms with Crippen LogP contribution in [0.1, 0.15) is 25.8 Å².